The van der Waals surface area contributed by atoms with Crippen LogP contribution >= 0.6 is 0 Å². The maximum Gasteiger partial charge on any atom is 0.0409 e. The van der Waals surface area contributed by atoms with Gasteiger partial charge in [-0.25, -0.2) is 0 Å². The van der Waals surface area contributed by atoms with E-state index in [0.29, 0.717) is 0 Å². The predicted octanol–water partition coefficient (Wildman–Crippen LogP) is 3.81. The van der Waals surface area contributed by atoms with E-state index in [0.717, 1.165) is 12.8 Å². The van der Waals surface area contributed by atoms with Crippen LogP contribution in [0.15, 0.2) is 18.2 Å². The molecule has 0 bridgehead atoms. The van der Waals surface area contributed by atoms with Crippen LogP contribution in [0, 0.1) is 13.8 Å². The molecule has 0 saturated heterocycles. The highest BCUT2D eigenvalue weighted by atomic mass is 14.7. The minimum absolute atomic E-state index is 0.0622. The summed E-state index contributed by atoms with van der Waals surface area (Å²) in [6, 6.07) is 6.78. The zero-order valence-corrected chi connectivity index (χ0v) is 10.6. The lowest BCUT2D eigenvalue weighted by Crippen LogP contribution is -2.36. The summed E-state index contributed by atoms with van der Waals surface area (Å²) in [5.74, 6) is 0. The average Bonchev–Trinajstić information content (AvgIpc) is 2.43. The second-order valence-corrected chi connectivity index (χ2v) is 5.45. The van der Waals surface area contributed by atoms with Gasteiger partial charge in [0.15, 0.2) is 0 Å². The number of hydrogen-bond acceptors (Lipinski definition) is 1. The minimum atomic E-state index is -0.0622. The highest BCUT2D eigenvalue weighted by Crippen LogP contribution is 2.34. The molecule has 2 rings (SSSR count). The molecule has 0 amide bonds. The standard InChI is InChI=1S/C15H23N/c1-12-9-13(2)11-14(10-12)15(16)7-5-3-4-6-8-15/h9-11H,3-8,16H2,1-2H3. The summed E-state index contributed by atoms with van der Waals surface area (Å²) < 4.78 is 0. The van der Waals surface area contributed by atoms with Gasteiger partial charge in [0.05, 0.1) is 0 Å². The molecule has 16 heavy (non-hydrogen) atoms. The first kappa shape index (κ1) is 11.7. The Bertz CT molecular complexity index is 339. The monoisotopic (exact) mass is 217 g/mol. The second kappa shape index (κ2) is 4.58. The lowest BCUT2D eigenvalue weighted by atomic mass is 9.82. The molecule has 0 aromatic heterocycles. The molecule has 2 N–H and O–H groups in total. The van der Waals surface area contributed by atoms with Crippen LogP contribution in [0.3, 0.4) is 0 Å². The van der Waals surface area contributed by atoms with Gasteiger partial charge >= 0.3 is 0 Å². The molecule has 0 unspecified atom stereocenters. The Hall–Kier alpha value is -0.820. The number of aryl methyl sites for hydroxylation is 2. The van der Waals surface area contributed by atoms with Gasteiger partial charge in [-0.2, -0.15) is 0 Å². The van der Waals surface area contributed by atoms with Gasteiger partial charge in [-0.1, -0.05) is 55.0 Å². The average molecular weight is 217 g/mol. The Morgan fingerprint density at radius 3 is 1.88 bits per heavy atom. The van der Waals surface area contributed by atoms with Crippen molar-refractivity contribution in [3.05, 3.63) is 34.9 Å². The third-order valence-electron chi connectivity index (χ3n) is 3.79. The quantitative estimate of drug-likeness (QED) is 0.711. The lowest BCUT2D eigenvalue weighted by Gasteiger charge is -2.29. The van der Waals surface area contributed by atoms with Crippen molar-refractivity contribution in [2.75, 3.05) is 0 Å². The summed E-state index contributed by atoms with van der Waals surface area (Å²) in [7, 11) is 0. The predicted molar refractivity (Wildman–Crippen MR) is 69.5 cm³/mol. The van der Waals surface area contributed by atoms with Crippen molar-refractivity contribution >= 4 is 0 Å². The van der Waals surface area contributed by atoms with E-state index in [-0.39, 0.29) is 5.54 Å². The van der Waals surface area contributed by atoms with Crippen LogP contribution in [0.1, 0.15) is 55.2 Å². The SMILES string of the molecule is Cc1cc(C)cc(C2(N)CCCCCC2)c1. The normalized spacial score (nSPS) is 20.4. The minimum Gasteiger partial charge on any atom is -0.321 e. The molecule has 1 aliphatic rings. The van der Waals surface area contributed by atoms with Gasteiger partial charge in [0.25, 0.3) is 0 Å². The Morgan fingerprint density at radius 1 is 0.875 bits per heavy atom. The van der Waals surface area contributed by atoms with Crippen LogP contribution in [-0.4, -0.2) is 0 Å². The van der Waals surface area contributed by atoms with Crippen molar-refractivity contribution in [3.63, 3.8) is 0 Å². The molecule has 1 fully saturated rings. The fraction of sp³-hybridized carbons (Fsp3) is 0.600. The van der Waals surface area contributed by atoms with Crippen LogP contribution in [0.4, 0.5) is 0 Å². The first-order valence-electron chi connectivity index (χ1n) is 6.48. The van der Waals surface area contributed by atoms with Gasteiger partial charge in [0.1, 0.15) is 0 Å². The van der Waals surface area contributed by atoms with Gasteiger partial charge < -0.3 is 5.73 Å². The van der Waals surface area contributed by atoms with Crippen LogP contribution in [-0.2, 0) is 5.54 Å². The summed E-state index contributed by atoms with van der Waals surface area (Å²) in [4.78, 5) is 0. The third-order valence-corrected chi connectivity index (χ3v) is 3.79. The summed E-state index contributed by atoms with van der Waals surface area (Å²) in [6.07, 6.45) is 7.56. The van der Waals surface area contributed by atoms with Crippen LogP contribution < -0.4 is 5.73 Å². The zero-order chi connectivity index (χ0) is 11.6. The van der Waals surface area contributed by atoms with E-state index >= 15 is 0 Å². The summed E-state index contributed by atoms with van der Waals surface area (Å²) in [5, 5.41) is 0. The lowest BCUT2D eigenvalue weighted by molar-refractivity contribution is 0.385. The molecule has 88 valence electrons. The van der Waals surface area contributed by atoms with Gasteiger partial charge in [-0.15, -0.1) is 0 Å². The molecule has 1 aromatic rings. The molecule has 0 aliphatic heterocycles. The van der Waals surface area contributed by atoms with Crippen molar-refractivity contribution < 1.29 is 0 Å². The number of rotatable bonds is 1. The fourth-order valence-electron chi connectivity index (χ4n) is 2.91. The fourth-order valence-corrected chi connectivity index (χ4v) is 2.91. The van der Waals surface area contributed by atoms with E-state index < -0.39 is 0 Å². The summed E-state index contributed by atoms with van der Waals surface area (Å²) in [5.41, 5.74) is 10.6. The smallest absolute Gasteiger partial charge is 0.0409 e. The molecule has 1 aromatic carbocycles. The Kier molecular flexibility index (Phi) is 3.34. The van der Waals surface area contributed by atoms with Gasteiger partial charge in [-0.05, 0) is 32.3 Å². The Morgan fingerprint density at radius 2 is 1.38 bits per heavy atom. The largest absolute Gasteiger partial charge is 0.321 e. The molecule has 1 nitrogen and oxygen atoms in total. The molecule has 0 atom stereocenters. The topological polar surface area (TPSA) is 26.0 Å². The van der Waals surface area contributed by atoms with Gasteiger partial charge in [-0.3, -0.25) is 0 Å². The van der Waals surface area contributed by atoms with Crippen molar-refractivity contribution in [1.29, 1.82) is 0 Å². The summed E-state index contributed by atoms with van der Waals surface area (Å²) in [6.45, 7) is 4.33. The molecule has 0 heterocycles. The maximum absolute atomic E-state index is 6.62. The first-order valence-corrected chi connectivity index (χ1v) is 6.48. The first-order chi connectivity index (χ1) is 7.60. The van der Waals surface area contributed by atoms with E-state index in [9.17, 15) is 0 Å². The molecule has 1 saturated carbocycles. The van der Waals surface area contributed by atoms with Crippen LogP contribution in [0.5, 0.6) is 0 Å². The van der Waals surface area contributed by atoms with E-state index in [1.54, 1.807) is 0 Å². The van der Waals surface area contributed by atoms with Crippen molar-refractivity contribution in [2.24, 2.45) is 5.73 Å². The zero-order valence-electron chi connectivity index (χ0n) is 10.6. The van der Waals surface area contributed by atoms with E-state index in [4.69, 9.17) is 5.73 Å². The van der Waals surface area contributed by atoms with Gasteiger partial charge in [0.2, 0.25) is 0 Å². The summed E-state index contributed by atoms with van der Waals surface area (Å²) >= 11 is 0. The Labute approximate surface area is 99.0 Å². The Balaban J connectivity index is 2.32. The number of benzene rings is 1. The maximum atomic E-state index is 6.62. The van der Waals surface area contributed by atoms with Crippen molar-refractivity contribution in [3.8, 4) is 0 Å². The molecule has 1 aliphatic carbocycles. The molecule has 0 radical (unpaired) electrons. The second-order valence-electron chi connectivity index (χ2n) is 5.45. The van der Waals surface area contributed by atoms with E-state index in [2.05, 4.69) is 32.0 Å². The molecular formula is C15H23N. The van der Waals surface area contributed by atoms with E-state index in [1.807, 2.05) is 0 Å². The van der Waals surface area contributed by atoms with Crippen LogP contribution in [0.2, 0.25) is 0 Å². The molecule has 1 heteroatoms. The molecule has 0 spiro atoms. The van der Waals surface area contributed by atoms with E-state index in [1.165, 1.54) is 42.4 Å². The number of nitrogens with two attached hydrogens (primary N) is 1. The number of hydrogen-bond donors (Lipinski definition) is 1. The van der Waals surface area contributed by atoms with Crippen molar-refractivity contribution in [1.82, 2.24) is 0 Å². The highest BCUT2D eigenvalue weighted by molar-refractivity contribution is 5.33. The highest BCUT2D eigenvalue weighted by Gasteiger charge is 2.28. The molecular weight excluding hydrogens is 194 g/mol. The van der Waals surface area contributed by atoms with Crippen molar-refractivity contribution in [2.45, 2.75) is 57.9 Å². The van der Waals surface area contributed by atoms with Gasteiger partial charge in [0, 0.05) is 5.54 Å². The third kappa shape index (κ3) is 2.46. The van der Waals surface area contributed by atoms with Crippen LogP contribution in [0.25, 0.3) is 0 Å².